The number of nitrogens with zero attached hydrogens (tertiary/aromatic N) is 1. The molecule has 2 heterocycles. The van der Waals surface area contributed by atoms with Crippen molar-refractivity contribution >= 4 is 33.2 Å². The van der Waals surface area contributed by atoms with E-state index in [4.69, 9.17) is 11.6 Å². The first-order chi connectivity index (χ1) is 7.74. The second-order valence-corrected chi connectivity index (χ2v) is 5.08. The van der Waals surface area contributed by atoms with Crippen molar-refractivity contribution in [1.82, 2.24) is 9.97 Å². The number of rotatable bonds is 4. The van der Waals surface area contributed by atoms with Crippen LogP contribution in [0.1, 0.15) is 24.0 Å². The van der Waals surface area contributed by atoms with Crippen LogP contribution in [0.3, 0.4) is 0 Å². The predicted octanol–water partition coefficient (Wildman–Crippen LogP) is 2.72. The molecule has 0 atom stereocenters. The van der Waals surface area contributed by atoms with Crippen LogP contribution in [0, 0.1) is 0 Å². The molecule has 0 spiro atoms. The van der Waals surface area contributed by atoms with E-state index in [0.29, 0.717) is 11.3 Å². The van der Waals surface area contributed by atoms with Crippen molar-refractivity contribution in [2.45, 2.75) is 26.2 Å². The van der Waals surface area contributed by atoms with E-state index in [1.165, 1.54) is 4.88 Å². The number of alkyl halides is 1. The Bertz CT molecular complexity index is 546. The lowest BCUT2D eigenvalue weighted by atomic mass is 10.3. The molecule has 2 rings (SSSR count). The SMILES string of the molecule is CCc1cc2c(=O)[nH]c(CCCCl)nc2s1. The fourth-order valence-electron chi connectivity index (χ4n) is 1.55. The number of fused-ring (bicyclic) bond motifs is 1. The van der Waals surface area contributed by atoms with Crippen LogP contribution in [-0.4, -0.2) is 15.8 Å². The van der Waals surface area contributed by atoms with Crippen LogP contribution in [0.15, 0.2) is 10.9 Å². The Labute approximate surface area is 102 Å². The molecule has 16 heavy (non-hydrogen) atoms. The van der Waals surface area contributed by atoms with E-state index in [9.17, 15) is 4.79 Å². The van der Waals surface area contributed by atoms with Crippen LogP contribution in [0.25, 0.3) is 10.2 Å². The Kier molecular flexibility index (Phi) is 3.61. The molecule has 2 aromatic heterocycles. The highest BCUT2D eigenvalue weighted by Crippen LogP contribution is 2.21. The zero-order valence-corrected chi connectivity index (χ0v) is 10.6. The summed E-state index contributed by atoms with van der Waals surface area (Å²) in [4.78, 5) is 21.1. The van der Waals surface area contributed by atoms with Crippen molar-refractivity contribution in [2.24, 2.45) is 0 Å². The number of aromatic nitrogens is 2. The maximum Gasteiger partial charge on any atom is 0.259 e. The Morgan fingerprint density at radius 3 is 3.06 bits per heavy atom. The third-order valence-electron chi connectivity index (χ3n) is 2.40. The maximum atomic E-state index is 11.8. The molecule has 2 aromatic rings. The van der Waals surface area contributed by atoms with E-state index in [2.05, 4.69) is 16.9 Å². The molecule has 0 aromatic carbocycles. The summed E-state index contributed by atoms with van der Waals surface area (Å²) in [6.07, 6.45) is 2.51. The van der Waals surface area contributed by atoms with E-state index in [1.807, 2.05) is 6.07 Å². The van der Waals surface area contributed by atoms with Crippen molar-refractivity contribution in [1.29, 1.82) is 0 Å². The number of aromatic amines is 1. The Morgan fingerprint density at radius 2 is 2.38 bits per heavy atom. The lowest BCUT2D eigenvalue weighted by Crippen LogP contribution is -2.10. The molecule has 0 bridgehead atoms. The van der Waals surface area contributed by atoms with Gasteiger partial charge in [0.15, 0.2) is 0 Å². The van der Waals surface area contributed by atoms with Crippen LogP contribution < -0.4 is 5.56 Å². The van der Waals surface area contributed by atoms with Crippen molar-refractivity contribution < 1.29 is 0 Å². The van der Waals surface area contributed by atoms with Gasteiger partial charge < -0.3 is 4.98 Å². The zero-order chi connectivity index (χ0) is 11.5. The Morgan fingerprint density at radius 1 is 1.56 bits per heavy atom. The molecule has 0 saturated heterocycles. The highest BCUT2D eigenvalue weighted by atomic mass is 35.5. The second-order valence-electron chi connectivity index (χ2n) is 3.59. The van der Waals surface area contributed by atoms with E-state index >= 15 is 0 Å². The maximum absolute atomic E-state index is 11.8. The monoisotopic (exact) mass is 256 g/mol. The minimum Gasteiger partial charge on any atom is -0.310 e. The van der Waals surface area contributed by atoms with Gasteiger partial charge in [0.1, 0.15) is 10.7 Å². The van der Waals surface area contributed by atoms with Crippen molar-refractivity contribution in [2.75, 3.05) is 5.88 Å². The van der Waals surface area contributed by atoms with Gasteiger partial charge in [-0.15, -0.1) is 22.9 Å². The molecular formula is C11H13ClN2OS. The van der Waals surface area contributed by atoms with Gasteiger partial charge in [0.05, 0.1) is 5.39 Å². The Balaban J connectivity index is 2.45. The minimum atomic E-state index is -0.0366. The topological polar surface area (TPSA) is 45.8 Å². The van der Waals surface area contributed by atoms with Crippen molar-refractivity contribution in [3.8, 4) is 0 Å². The third kappa shape index (κ3) is 2.28. The summed E-state index contributed by atoms with van der Waals surface area (Å²) in [5.74, 6) is 1.33. The van der Waals surface area contributed by atoms with Gasteiger partial charge in [-0.2, -0.15) is 0 Å². The number of hydrogen-bond donors (Lipinski definition) is 1. The third-order valence-corrected chi connectivity index (χ3v) is 3.84. The number of aryl methyl sites for hydroxylation is 2. The summed E-state index contributed by atoms with van der Waals surface area (Å²) < 4.78 is 0. The van der Waals surface area contributed by atoms with Crippen molar-refractivity contribution in [3.05, 3.63) is 27.1 Å². The second kappa shape index (κ2) is 4.97. The summed E-state index contributed by atoms with van der Waals surface area (Å²) in [6, 6.07) is 1.93. The van der Waals surface area contributed by atoms with Gasteiger partial charge in [-0.1, -0.05) is 6.92 Å². The highest BCUT2D eigenvalue weighted by molar-refractivity contribution is 7.18. The van der Waals surface area contributed by atoms with E-state index in [-0.39, 0.29) is 5.56 Å². The standard InChI is InChI=1S/C11H13ClN2OS/c1-2-7-6-8-10(15)13-9(4-3-5-12)14-11(8)16-7/h6H,2-5H2,1H3,(H,13,14,15). The van der Waals surface area contributed by atoms with E-state index < -0.39 is 0 Å². The van der Waals surface area contributed by atoms with Gasteiger partial charge in [0, 0.05) is 17.2 Å². The lowest BCUT2D eigenvalue weighted by molar-refractivity contribution is 0.843. The molecule has 1 N–H and O–H groups in total. The minimum absolute atomic E-state index is 0.0366. The normalized spacial score (nSPS) is 11.1. The van der Waals surface area contributed by atoms with Gasteiger partial charge in [-0.25, -0.2) is 4.98 Å². The summed E-state index contributed by atoms with van der Waals surface area (Å²) in [6.45, 7) is 2.08. The van der Waals surface area contributed by atoms with Crippen LogP contribution in [0.4, 0.5) is 0 Å². The zero-order valence-electron chi connectivity index (χ0n) is 9.05. The van der Waals surface area contributed by atoms with Crippen LogP contribution in [-0.2, 0) is 12.8 Å². The number of thiophene rings is 1. The molecule has 86 valence electrons. The summed E-state index contributed by atoms with van der Waals surface area (Å²) in [5, 5.41) is 0.705. The molecule has 0 amide bonds. The smallest absolute Gasteiger partial charge is 0.259 e. The van der Waals surface area contributed by atoms with Crippen molar-refractivity contribution in [3.63, 3.8) is 0 Å². The van der Waals surface area contributed by atoms with Crippen LogP contribution in [0.5, 0.6) is 0 Å². The average Bonchev–Trinajstić information content (AvgIpc) is 2.70. The first kappa shape index (κ1) is 11.6. The first-order valence-electron chi connectivity index (χ1n) is 5.32. The van der Waals surface area contributed by atoms with E-state index in [1.54, 1.807) is 11.3 Å². The van der Waals surface area contributed by atoms with Gasteiger partial charge in [0.25, 0.3) is 5.56 Å². The number of nitrogens with one attached hydrogen (secondary N) is 1. The summed E-state index contributed by atoms with van der Waals surface area (Å²) in [7, 11) is 0. The average molecular weight is 257 g/mol. The molecule has 0 unspecified atom stereocenters. The Hall–Kier alpha value is -0.870. The van der Waals surface area contributed by atoms with Gasteiger partial charge >= 0.3 is 0 Å². The molecule has 0 fully saturated rings. The fourth-order valence-corrected chi connectivity index (χ4v) is 2.67. The molecule has 0 aliphatic carbocycles. The largest absolute Gasteiger partial charge is 0.310 e. The predicted molar refractivity (Wildman–Crippen MR) is 68.7 cm³/mol. The molecular weight excluding hydrogens is 244 g/mol. The van der Waals surface area contributed by atoms with Crippen LogP contribution in [0.2, 0.25) is 0 Å². The molecule has 3 nitrogen and oxygen atoms in total. The van der Waals surface area contributed by atoms with Gasteiger partial charge in [-0.05, 0) is 18.9 Å². The molecule has 0 radical (unpaired) electrons. The fraction of sp³-hybridized carbons (Fsp3) is 0.455. The van der Waals surface area contributed by atoms with Gasteiger partial charge in [-0.3, -0.25) is 4.79 Å². The molecule has 5 heteroatoms. The summed E-state index contributed by atoms with van der Waals surface area (Å²) in [5.41, 5.74) is -0.0366. The highest BCUT2D eigenvalue weighted by Gasteiger charge is 2.07. The molecule has 0 saturated carbocycles. The molecule has 0 aliphatic heterocycles. The number of halogens is 1. The first-order valence-corrected chi connectivity index (χ1v) is 6.67. The van der Waals surface area contributed by atoms with Crippen LogP contribution >= 0.6 is 22.9 Å². The van der Waals surface area contributed by atoms with E-state index in [0.717, 1.165) is 29.9 Å². The number of H-pyrrole nitrogens is 1. The molecule has 0 aliphatic rings. The quantitative estimate of drug-likeness (QED) is 0.855. The summed E-state index contributed by atoms with van der Waals surface area (Å²) >= 11 is 7.21. The lowest BCUT2D eigenvalue weighted by Gasteiger charge is -1.97. The van der Waals surface area contributed by atoms with Gasteiger partial charge in [0.2, 0.25) is 0 Å². The number of hydrogen-bond acceptors (Lipinski definition) is 3.